The number of benzene rings is 2. The van der Waals surface area contributed by atoms with Gasteiger partial charge in [-0.2, -0.15) is 4.31 Å². The van der Waals surface area contributed by atoms with Crippen LogP contribution in [0.15, 0.2) is 47.4 Å². The summed E-state index contributed by atoms with van der Waals surface area (Å²) in [5.74, 6) is 0.631. The molecule has 0 saturated carbocycles. The van der Waals surface area contributed by atoms with Gasteiger partial charge in [-0.05, 0) is 69.0 Å². The van der Waals surface area contributed by atoms with Crippen LogP contribution in [0.1, 0.15) is 45.6 Å². The third kappa shape index (κ3) is 6.23. The van der Waals surface area contributed by atoms with Crippen LogP contribution in [0.25, 0.3) is 0 Å². The summed E-state index contributed by atoms with van der Waals surface area (Å²) in [6.07, 6.45) is 3.48. The number of sulfonamides is 1. The van der Waals surface area contributed by atoms with Gasteiger partial charge in [0.25, 0.3) is 5.91 Å². The van der Waals surface area contributed by atoms with Gasteiger partial charge in [-0.25, -0.2) is 8.42 Å². The van der Waals surface area contributed by atoms with E-state index < -0.39 is 15.9 Å². The zero-order valence-corrected chi connectivity index (χ0v) is 19.8. The summed E-state index contributed by atoms with van der Waals surface area (Å²) in [6.45, 7) is 6.61. The summed E-state index contributed by atoms with van der Waals surface area (Å²) in [7, 11) is -3.63. The molecule has 174 valence electrons. The van der Waals surface area contributed by atoms with E-state index in [9.17, 15) is 13.2 Å². The number of nitrogens with one attached hydrogen (secondary N) is 1. The molecular weight excluding hydrogens is 428 g/mol. The zero-order chi connectivity index (χ0) is 23.1. The molecule has 1 heterocycles. The molecule has 0 radical (unpaired) electrons. The third-order valence-corrected chi connectivity index (χ3v) is 7.11. The number of piperidine rings is 1. The first kappa shape index (κ1) is 24.1. The van der Waals surface area contributed by atoms with E-state index in [1.807, 2.05) is 39.0 Å². The predicted molar refractivity (Wildman–Crippen MR) is 125 cm³/mol. The minimum atomic E-state index is -3.63. The standard InChI is InChI=1S/C24H32N2O5S/c1-4-19-9-8-10-20(15-19)30-17-24(27)25-22-16-21(11-12-23(22)31-18(2)3)32(28,29)26-13-6-5-7-14-26/h8-12,15-16,18H,4-7,13-14,17H2,1-3H3,(H,25,27). The number of ether oxygens (including phenoxy) is 2. The van der Waals surface area contributed by atoms with Crippen molar-refractivity contribution in [2.24, 2.45) is 0 Å². The lowest BCUT2D eigenvalue weighted by Gasteiger charge is -2.26. The van der Waals surface area contributed by atoms with Crippen molar-refractivity contribution in [3.05, 3.63) is 48.0 Å². The number of carbonyl (C=O) groups excluding carboxylic acids is 1. The predicted octanol–water partition coefficient (Wildman–Crippen LogP) is 4.23. The Morgan fingerprint density at radius 3 is 2.53 bits per heavy atom. The van der Waals surface area contributed by atoms with Gasteiger partial charge in [0, 0.05) is 13.1 Å². The van der Waals surface area contributed by atoms with E-state index in [1.54, 1.807) is 12.1 Å². The minimum Gasteiger partial charge on any atom is -0.489 e. The molecule has 32 heavy (non-hydrogen) atoms. The molecule has 0 unspecified atom stereocenters. The number of nitrogens with zero attached hydrogens (tertiary/aromatic N) is 1. The van der Waals surface area contributed by atoms with Crippen LogP contribution in [0, 0.1) is 0 Å². The number of amides is 1. The lowest BCUT2D eigenvalue weighted by atomic mass is 10.2. The van der Waals surface area contributed by atoms with Crippen LogP contribution in [-0.4, -0.2) is 44.4 Å². The molecule has 7 nitrogen and oxygen atoms in total. The monoisotopic (exact) mass is 460 g/mol. The Morgan fingerprint density at radius 1 is 1.09 bits per heavy atom. The summed E-state index contributed by atoms with van der Waals surface area (Å²) < 4.78 is 39.1. The van der Waals surface area contributed by atoms with Crippen molar-refractivity contribution in [1.82, 2.24) is 4.31 Å². The quantitative estimate of drug-likeness (QED) is 0.605. The summed E-state index contributed by atoms with van der Waals surface area (Å²) in [5, 5.41) is 2.76. The molecule has 1 amide bonds. The average Bonchev–Trinajstić information content (AvgIpc) is 2.79. The van der Waals surface area contributed by atoms with Crippen molar-refractivity contribution in [3.8, 4) is 11.5 Å². The van der Waals surface area contributed by atoms with Gasteiger partial charge in [-0.3, -0.25) is 4.79 Å². The number of aryl methyl sites for hydroxylation is 1. The first-order valence-corrected chi connectivity index (χ1v) is 12.6. The lowest BCUT2D eigenvalue weighted by Crippen LogP contribution is -2.35. The van der Waals surface area contributed by atoms with Crippen molar-refractivity contribution in [1.29, 1.82) is 0 Å². The third-order valence-electron chi connectivity index (χ3n) is 5.22. The van der Waals surface area contributed by atoms with Gasteiger partial charge < -0.3 is 14.8 Å². The van der Waals surface area contributed by atoms with E-state index in [4.69, 9.17) is 9.47 Å². The maximum atomic E-state index is 13.1. The molecule has 1 aliphatic rings. The fourth-order valence-corrected chi connectivity index (χ4v) is 5.11. The van der Waals surface area contributed by atoms with Crippen LogP contribution < -0.4 is 14.8 Å². The molecule has 0 bridgehead atoms. The molecular formula is C24H32N2O5S. The van der Waals surface area contributed by atoms with E-state index in [0.29, 0.717) is 30.3 Å². The molecule has 1 saturated heterocycles. The van der Waals surface area contributed by atoms with E-state index in [1.165, 1.54) is 16.4 Å². The maximum absolute atomic E-state index is 13.1. The fourth-order valence-electron chi connectivity index (χ4n) is 3.57. The normalized spacial score (nSPS) is 14.9. The highest BCUT2D eigenvalue weighted by atomic mass is 32.2. The summed E-state index contributed by atoms with van der Waals surface area (Å²) in [6, 6.07) is 12.2. The first-order valence-electron chi connectivity index (χ1n) is 11.1. The van der Waals surface area contributed by atoms with Crippen molar-refractivity contribution in [2.75, 3.05) is 25.0 Å². The Kier molecular flexibility index (Phi) is 8.15. The summed E-state index contributed by atoms with van der Waals surface area (Å²) in [4.78, 5) is 12.7. The second kappa shape index (κ2) is 10.8. The topological polar surface area (TPSA) is 84.9 Å². The molecule has 1 aliphatic heterocycles. The van der Waals surface area contributed by atoms with Crippen LogP contribution >= 0.6 is 0 Å². The van der Waals surface area contributed by atoms with Crippen LogP contribution in [0.4, 0.5) is 5.69 Å². The first-order chi connectivity index (χ1) is 15.3. The second-order valence-corrected chi connectivity index (χ2v) is 10.1. The second-order valence-electron chi connectivity index (χ2n) is 8.13. The largest absolute Gasteiger partial charge is 0.489 e. The van der Waals surface area contributed by atoms with Gasteiger partial charge in [0.1, 0.15) is 11.5 Å². The van der Waals surface area contributed by atoms with E-state index in [2.05, 4.69) is 5.32 Å². The Labute approximate surface area is 190 Å². The molecule has 3 rings (SSSR count). The van der Waals surface area contributed by atoms with Crippen molar-refractivity contribution < 1.29 is 22.7 Å². The lowest BCUT2D eigenvalue weighted by molar-refractivity contribution is -0.118. The molecule has 8 heteroatoms. The van der Waals surface area contributed by atoms with Crippen LogP contribution in [0.3, 0.4) is 0 Å². The molecule has 0 spiro atoms. The molecule has 1 fully saturated rings. The Hall–Kier alpha value is -2.58. The number of hydrogen-bond donors (Lipinski definition) is 1. The molecule has 1 N–H and O–H groups in total. The Bertz CT molecular complexity index is 1030. The van der Waals surface area contributed by atoms with Crippen molar-refractivity contribution in [3.63, 3.8) is 0 Å². The van der Waals surface area contributed by atoms with E-state index in [0.717, 1.165) is 31.2 Å². The highest BCUT2D eigenvalue weighted by Crippen LogP contribution is 2.31. The molecule has 0 aliphatic carbocycles. The molecule has 2 aromatic rings. The van der Waals surface area contributed by atoms with Gasteiger partial charge >= 0.3 is 0 Å². The summed E-state index contributed by atoms with van der Waals surface area (Å²) in [5.41, 5.74) is 1.43. The molecule has 2 aromatic carbocycles. The van der Waals surface area contributed by atoms with Gasteiger partial charge in [0.05, 0.1) is 16.7 Å². The fraction of sp³-hybridized carbons (Fsp3) is 0.458. The molecule has 0 atom stereocenters. The SMILES string of the molecule is CCc1cccc(OCC(=O)Nc2cc(S(=O)(=O)N3CCCCC3)ccc2OC(C)C)c1. The average molecular weight is 461 g/mol. The minimum absolute atomic E-state index is 0.136. The van der Waals surface area contributed by atoms with Crippen molar-refractivity contribution >= 4 is 21.6 Å². The summed E-state index contributed by atoms with van der Waals surface area (Å²) >= 11 is 0. The van der Waals surface area contributed by atoms with Gasteiger partial charge in [-0.15, -0.1) is 0 Å². The highest BCUT2D eigenvalue weighted by molar-refractivity contribution is 7.89. The van der Waals surface area contributed by atoms with Gasteiger partial charge in [-0.1, -0.05) is 25.5 Å². The zero-order valence-electron chi connectivity index (χ0n) is 19.0. The number of hydrogen-bond acceptors (Lipinski definition) is 5. The Balaban J connectivity index is 1.77. The maximum Gasteiger partial charge on any atom is 0.262 e. The van der Waals surface area contributed by atoms with Gasteiger partial charge in [0.15, 0.2) is 6.61 Å². The number of rotatable bonds is 9. The van der Waals surface area contributed by atoms with E-state index in [-0.39, 0.29) is 17.6 Å². The number of carbonyl (C=O) groups is 1. The van der Waals surface area contributed by atoms with Crippen LogP contribution in [-0.2, 0) is 21.2 Å². The number of anilines is 1. The smallest absolute Gasteiger partial charge is 0.262 e. The molecule has 0 aromatic heterocycles. The van der Waals surface area contributed by atoms with Gasteiger partial charge in [0.2, 0.25) is 10.0 Å². The van der Waals surface area contributed by atoms with Crippen molar-refractivity contribution in [2.45, 2.75) is 57.5 Å². The highest BCUT2D eigenvalue weighted by Gasteiger charge is 2.27. The Morgan fingerprint density at radius 2 is 1.84 bits per heavy atom. The van der Waals surface area contributed by atoms with Crippen LogP contribution in [0.5, 0.6) is 11.5 Å². The van der Waals surface area contributed by atoms with E-state index >= 15 is 0 Å². The van der Waals surface area contributed by atoms with Crippen LogP contribution in [0.2, 0.25) is 0 Å².